The summed E-state index contributed by atoms with van der Waals surface area (Å²) >= 11 is 0. The molecule has 0 radical (unpaired) electrons. The van der Waals surface area contributed by atoms with Crippen LogP contribution in [0.15, 0.2) is 237 Å². The predicted octanol–water partition coefficient (Wildman–Crippen LogP) is 15.8. The number of nitrogens with zero attached hydrogens (tertiary/aromatic N) is 3. The van der Waals surface area contributed by atoms with Crippen LogP contribution in [0.4, 0.5) is 0 Å². The average molecular weight is 846 g/mol. The van der Waals surface area contributed by atoms with E-state index in [9.17, 15) is 0 Å². The van der Waals surface area contributed by atoms with Crippen LogP contribution < -0.4 is 0 Å². The number of aryl methyl sites for hydroxylation is 4. The number of hydrogen-bond acceptors (Lipinski definition) is 3. The molecular formula is C63H47N3. The summed E-state index contributed by atoms with van der Waals surface area (Å²) in [5.41, 5.74) is 19.7. The molecule has 0 bridgehead atoms. The fraction of sp³-hybridized carbons (Fsp3) is 0.0635. The molecule has 0 saturated heterocycles. The molecule has 0 aliphatic heterocycles. The minimum atomic E-state index is 0.892. The zero-order valence-electron chi connectivity index (χ0n) is 36.7. The first kappa shape index (κ1) is 40.5. The van der Waals surface area contributed by atoms with Gasteiger partial charge in [0.15, 0.2) is 0 Å². The Morgan fingerprint density at radius 2 is 0.773 bits per heavy atom. The van der Waals surface area contributed by atoms with Crippen molar-refractivity contribution in [3.8, 4) is 67.0 Å². The van der Waals surface area contributed by atoms with Crippen LogP contribution in [0.25, 0.3) is 88.7 Å². The Morgan fingerprint density at radius 3 is 1.36 bits per heavy atom. The van der Waals surface area contributed by atoms with Gasteiger partial charge in [0.05, 0.1) is 16.9 Å². The van der Waals surface area contributed by atoms with E-state index in [1.165, 1.54) is 55.5 Å². The van der Waals surface area contributed by atoms with E-state index in [-0.39, 0.29) is 0 Å². The van der Waals surface area contributed by atoms with Crippen molar-refractivity contribution in [3.05, 3.63) is 259 Å². The monoisotopic (exact) mass is 845 g/mol. The SMILES string of the molecule is c1ccc(-c2ccc(-c3c(-c4ccccc4-c4cc(CCc5ccc(-c6ccccc6)nc5)cc(CCc5ccc(-c6ccccc6)nc5)c4)cnc4c3ccc3ccccc34)cc2)cc1. The molecule has 0 atom stereocenters. The molecule has 11 rings (SSSR count). The standard InChI is InChI=1S/C63H47N3/c1-4-14-48(15-5-1)49-30-32-53(33-31-49)62-58-35-34-50-16-10-11-22-56(50)63(58)66-43-59(62)57-23-13-12-21-55(57)54-39-46(26-24-44-28-36-60(64-41-44)51-17-6-2-7-18-51)38-47(40-54)27-25-45-29-37-61(65-42-45)52-19-8-3-9-20-52/h1-23,28-43H,24-27H2. The molecule has 66 heavy (non-hydrogen) atoms. The summed E-state index contributed by atoms with van der Waals surface area (Å²) in [5, 5.41) is 3.48. The van der Waals surface area contributed by atoms with Crippen molar-refractivity contribution in [3.63, 3.8) is 0 Å². The molecule has 3 heterocycles. The first-order chi connectivity index (χ1) is 32.7. The van der Waals surface area contributed by atoms with E-state index in [0.29, 0.717) is 0 Å². The number of aromatic nitrogens is 3. The van der Waals surface area contributed by atoms with Crippen molar-refractivity contribution >= 4 is 21.7 Å². The third-order valence-corrected chi connectivity index (χ3v) is 12.8. The van der Waals surface area contributed by atoms with E-state index < -0.39 is 0 Å². The highest BCUT2D eigenvalue weighted by Crippen LogP contribution is 2.43. The molecule has 0 saturated carbocycles. The highest BCUT2D eigenvalue weighted by Gasteiger charge is 2.19. The summed E-state index contributed by atoms with van der Waals surface area (Å²) in [6, 6.07) is 78.4. The molecule has 314 valence electrons. The molecule has 3 heteroatoms. The molecule has 0 amide bonds. The summed E-state index contributed by atoms with van der Waals surface area (Å²) < 4.78 is 0. The molecule has 0 N–H and O–H groups in total. The third-order valence-electron chi connectivity index (χ3n) is 12.8. The fourth-order valence-electron chi connectivity index (χ4n) is 9.37. The molecule has 0 spiro atoms. The van der Waals surface area contributed by atoms with Crippen molar-refractivity contribution in [2.24, 2.45) is 0 Å². The summed E-state index contributed by atoms with van der Waals surface area (Å²) in [5.74, 6) is 0. The first-order valence-electron chi connectivity index (χ1n) is 22.9. The molecule has 3 aromatic heterocycles. The highest BCUT2D eigenvalue weighted by atomic mass is 14.7. The van der Waals surface area contributed by atoms with Gasteiger partial charge >= 0.3 is 0 Å². The van der Waals surface area contributed by atoms with E-state index in [2.05, 4.69) is 212 Å². The van der Waals surface area contributed by atoms with E-state index in [1.807, 2.05) is 24.5 Å². The Morgan fingerprint density at radius 1 is 0.273 bits per heavy atom. The van der Waals surface area contributed by atoms with Crippen molar-refractivity contribution in [2.45, 2.75) is 25.7 Å². The average Bonchev–Trinajstić information content (AvgIpc) is 3.40. The van der Waals surface area contributed by atoms with E-state index in [4.69, 9.17) is 15.0 Å². The lowest BCUT2D eigenvalue weighted by Gasteiger charge is -2.19. The van der Waals surface area contributed by atoms with Gasteiger partial charge in [0, 0.05) is 51.6 Å². The summed E-state index contributed by atoms with van der Waals surface area (Å²) in [4.78, 5) is 15.0. The van der Waals surface area contributed by atoms with Crippen molar-refractivity contribution in [1.82, 2.24) is 15.0 Å². The molecule has 0 aliphatic carbocycles. The minimum Gasteiger partial charge on any atom is -0.256 e. The number of fused-ring (bicyclic) bond motifs is 3. The predicted molar refractivity (Wildman–Crippen MR) is 275 cm³/mol. The van der Waals surface area contributed by atoms with Crippen LogP contribution in [-0.2, 0) is 25.7 Å². The highest BCUT2D eigenvalue weighted by molar-refractivity contribution is 6.13. The maximum atomic E-state index is 5.27. The molecule has 0 aliphatic rings. The largest absolute Gasteiger partial charge is 0.256 e. The second kappa shape index (κ2) is 18.4. The minimum absolute atomic E-state index is 0.892. The van der Waals surface area contributed by atoms with Crippen LogP contribution in [-0.4, -0.2) is 15.0 Å². The van der Waals surface area contributed by atoms with Gasteiger partial charge in [-0.25, -0.2) is 0 Å². The van der Waals surface area contributed by atoms with Crippen LogP contribution in [0.3, 0.4) is 0 Å². The van der Waals surface area contributed by atoms with Gasteiger partial charge in [0.2, 0.25) is 0 Å². The van der Waals surface area contributed by atoms with Gasteiger partial charge in [-0.15, -0.1) is 0 Å². The molecular weight excluding hydrogens is 799 g/mol. The van der Waals surface area contributed by atoms with Gasteiger partial charge in [-0.1, -0.05) is 206 Å². The second-order valence-corrected chi connectivity index (χ2v) is 17.1. The number of rotatable bonds is 12. The van der Waals surface area contributed by atoms with Gasteiger partial charge in [0.1, 0.15) is 0 Å². The van der Waals surface area contributed by atoms with Crippen molar-refractivity contribution < 1.29 is 0 Å². The summed E-state index contributed by atoms with van der Waals surface area (Å²) in [6.45, 7) is 0. The van der Waals surface area contributed by atoms with Crippen molar-refractivity contribution in [2.75, 3.05) is 0 Å². The Hall–Kier alpha value is -8.27. The second-order valence-electron chi connectivity index (χ2n) is 17.1. The van der Waals surface area contributed by atoms with E-state index >= 15 is 0 Å². The van der Waals surface area contributed by atoms with Gasteiger partial charge < -0.3 is 0 Å². The maximum Gasteiger partial charge on any atom is 0.0786 e. The Balaban J connectivity index is 0.988. The zero-order valence-corrected chi connectivity index (χ0v) is 36.7. The van der Waals surface area contributed by atoms with Gasteiger partial charge in [-0.2, -0.15) is 0 Å². The van der Waals surface area contributed by atoms with Crippen molar-refractivity contribution in [1.29, 1.82) is 0 Å². The molecule has 8 aromatic carbocycles. The zero-order chi connectivity index (χ0) is 44.1. The molecule has 0 fully saturated rings. The van der Waals surface area contributed by atoms with Crippen LogP contribution in [0, 0.1) is 0 Å². The smallest absolute Gasteiger partial charge is 0.0786 e. The van der Waals surface area contributed by atoms with Crippen LogP contribution >= 0.6 is 0 Å². The Kier molecular flexibility index (Phi) is 11.3. The van der Waals surface area contributed by atoms with Gasteiger partial charge in [0.25, 0.3) is 0 Å². The first-order valence-corrected chi connectivity index (χ1v) is 22.9. The van der Waals surface area contributed by atoms with Gasteiger partial charge in [-0.05, 0) is 98.8 Å². The third kappa shape index (κ3) is 8.55. The van der Waals surface area contributed by atoms with Crippen LogP contribution in [0.2, 0.25) is 0 Å². The lowest BCUT2D eigenvalue weighted by molar-refractivity contribution is 0.923. The molecule has 0 unspecified atom stereocenters. The Bertz CT molecular complexity index is 3310. The number of benzene rings is 8. The van der Waals surface area contributed by atoms with Gasteiger partial charge in [-0.3, -0.25) is 15.0 Å². The lowest BCUT2D eigenvalue weighted by Crippen LogP contribution is -1.99. The van der Waals surface area contributed by atoms with Crippen LogP contribution in [0.1, 0.15) is 22.3 Å². The number of hydrogen-bond donors (Lipinski definition) is 0. The van der Waals surface area contributed by atoms with Crippen LogP contribution in [0.5, 0.6) is 0 Å². The summed E-state index contributed by atoms with van der Waals surface area (Å²) in [7, 11) is 0. The van der Waals surface area contributed by atoms with E-state index in [1.54, 1.807) is 0 Å². The normalized spacial score (nSPS) is 11.3. The topological polar surface area (TPSA) is 38.7 Å². The molecule has 11 aromatic rings. The summed E-state index contributed by atoms with van der Waals surface area (Å²) in [6.07, 6.45) is 9.76. The quantitative estimate of drug-likeness (QED) is 0.115. The number of pyridine rings is 3. The Labute approximate surface area is 386 Å². The fourth-order valence-corrected chi connectivity index (χ4v) is 9.37. The lowest BCUT2D eigenvalue weighted by atomic mass is 9.86. The molecule has 3 nitrogen and oxygen atoms in total. The maximum absolute atomic E-state index is 5.27. The van der Waals surface area contributed by atoms with E-state index in [0.717, 1.165) is 81.2 Å².